The molecule has 0 spiro atoms. The summed E-state index contributed by atoms with van der Waals surface area (Å²) in [6.45, 7) is 6.83. The molecule has 3 unspecified atom stereocenters. The van der Waals surface area contributed by atoms with Gasteiger partial charge in [0.1, 0.15) is 71.0 Å². The molecule has 5 aromatic carbocycles. The average molecular weight is 1460 g/mol. The molecule has 0 saturated carbocycles. The van der Waals surface area contributed by atoms with Gasteiger partial charge in [0.2, 0.25) is 41.9 Å². The quantitative estimate of drug-likeness (QED) is 0.0708. The smallest absolute Gasteiger partial charge is 0.295 e. The first kappa shape index (κ1) is 76.0. The number of likely N-dealkylation sites (N-methyl/N-ethyl adjacent to an activating group) is 1. The molecule has 0 radical (unpaired) electrons. The number of fused-ring (bicyclic) bond motifs is 15. The number of nitrogens with two attached hydrogens (primary N) is 2. The number of aromatic hydroxyl groups is 3. The predicted octanol–water partition coefficient (Wildman–Crippen LogP) is 3.39. The summed E-state index contributed by atoms with van der Waals surface area (Å²) in [6, 6.07) is 9.87. The fraction of sp³-hybridized carbons (Fsp3) is 0.457. The Morgan fingerprint density at radius 3 is 2.07 bits per heavy atom. The van der Waals surface area contributed by atoms with Gasteiger partial charge in [0, 0.05) is 66.3 Å². The number of primary amides is 1. The van der Waals surface area contributed by atoms with Crippen LogP contribution >= 0.6 is 23.2 Å². The summed E-state index contributed by atoms with van der Waals surface area (Å²) >= 11 is 14.3. The maximum atomic E-state index is 16.3. The van der Waals surface area contributed by atoms with Gasteiger partial charge in [-0.15, -0.1) is 0 Å². The molecule has 17 N–H and O–H groups in total. The van der Waals surface area contributed by atoms with Crippen LogP contribution in [0, 0.1) is 17.8 Å². The minimum absolute atomic E-state index is 0.0701. The van der Waals surface area contributed by atoms with Gasteiger partial charge in [-0.2, -0.15) is 0 Å². The standard InChI is InChI=1S/C70H80Cl2N6O24/c1-28(2)13-42(75-6)66(94)77-57-46(85)16-33(19-53(73)87)64(92)76-56-32-17-50(98-48-11-8-31(58(57)88)15-40(48)71)61(102-68-62(60(90)59(89)52(26-79)100-68)101-54-25-69(4,74)63(91)29(3)97-54)51(18-32)99-49-12-9-34(20-41(49)72)70(5,95)39-24-44(83)36(23-47(56)86)30-7-10-43(82)37(14-30)55-38(21-35(81)22-45(55)84)67(96-27-80)78-65(39)93/h7-12,14-15,17-18,20-22,27-29,33,36,39,42,52,54,56-60,62-63,67-68,75,79,81-82,84,88-91,95H,13,16,19,23-26,74H2,1-6H3,(H2,73,87)(H,76,92)(H,77,94)(H,78,93)/t29-,33+,36-,39-,42?,52+,54-,56-,57?,58-,59-,60+,62+,63-,67+,68?,69+,70+/m1/s1. The van der Waals surface area contributed by atoms with Crippen molar-refractivity contribution in [2.75, 3.05) is 13.7 Å². The average Bonchev–Trinajstić information content (AvgIpc) is 0.766. The number of rotatable bonds is 14. The van der Waals surface area contributed by atoms with Gasteiger partial charge in [-0.3, -0.25) is 38.4 Å². The number of nitrogens with one attached hydrogen (secondary N) is 4. The van der Waals surface area contributed by atoms with Crippen molar-refractivity contribution in [2.24, 2.45) is 29.2 Å². The number of phenols is 3. The molecular formula is C70H80Cl2N6O24. The summed E-state index contributed by atoms with van der Waals surface area (Å²) in [5.41, 5.74) is 6.64. The van der Waals surface area contributed by atoms with E-state index in [-0.39, 0.29) is 85.7 Å². The van der Waals surface area contributed by atoms with Crippen molar-refractivity contribution in [1.29, 1.82) is 0 Å². The van der Waals surface area contributed by atoms with Gasteiger partial charge in [0.05, 0.1) is 52.3 Å². The molecule has 32 heteroatoms. The zero-order valence-corrected chi connectivity index (χ0v) is 57.4. The lowest BCUT2D eigenvalue weighted by molar-refractivity contribution is -0.333. The Labute approximate surface area is 593 Å². The summed E-state index contributed by atoms with van der Waals surface area (Å²) in [7, 11) is 1.50. The number of aliphatic hydroxyl groups excluding tert-OH is 5. The molecule has 102 heavy (non-hydrogen) atoms. The Bertz CT molecular complexity index is 4080. The molecule has 2 fully saturated rings. The van der Waals surface area contributed by atoms with E-state index in [0.717, 1.165) is 43.3 Å². The third-order valence-corrected chi connectivity index (χ3v) is 19.7. The number of hydrogen-bond donors (Lipinski definition) is 15. The van der Waals surface area contributed by atoms with E-state index in [1.54, 1.807) is 0 Å². The molecule has 12 rings (SSSR count). The maximum Gasteiger partial charge on any atom is 0.295 e. The highest BCUT2D eigenvalue weighted by atomic mass is 35.5. The number of aliphatic hydroxyl groups is 6. The van der Waals surface area contributed by atoms with E-state index in [2.05, 4.69) is 21.3 Å². The Morgan fingerprint density at radius 1 is 0.784 bits per heavy atom. The molecule has 2 saturated heterocycles. The lowest BCUT2D eigenvalue weighted by Gasteiger charge is -2.47. The van der Waals surface area contributed by atoms with Crippen LogP contribution in [0.5, 0.6) is 46.0 Å². The molecule has 11 bridgehead atoms. The van der Waals surface area contributed by atoms with Gasteiger partial charge >= 0.3 is 0 Å². The van der Waals surface area contributed by atoms with Crippen LogP contribution in [0.15, 0.2) is 78.9 Å². The van der Waals surface area contributed by atoms with Gasteiger partial charge in [0.25, 0.3) is 6.47 Å². The third kappa shape index (κ3) is 16.0. The Hall–Kier alpha value is -8.60. The number of carbonyl (C=O) groups excluding carboxylic acids is 8. The Morgan fingerprint density at radius 2 is 1.45 bits per heavy atom. The number of Topliss-reactive ketones (excluding diaryl/α,β-unsaturated/α-hetero) is 3. The minimum Gasteiger partial charge on any atom is -0.508 e. The highest BCUT2D eigenvalue weighted by molar-refractivity contribution is 6.32. The summed E-state index contributed by atoms with van der Waals surface area (Å²) in [5.74, 6) is -17.5. The van der Waals surface area contributed by atoms with Crippen LogP contribution in [0.2, 0.25) is 10.0 Å². The zero-order valence-electron chi connectivity index (χ0n) is 55.9. The Balaban J connectivity index is 1.25. The van der Waals surface area contributed by atoms with E-state index in [1.165, 1.54) is 63.4 Å². The van der Waals surface area contributed by atoms with E-state index >= 15 is 19.2 Å². The molecule has 0 aliphatic carbocycles. The highest BCUT2D eigenvalue weighted by Gasteiger charge is 2.52. The van der Waals surface area contributed by atoms with Gasteiger partial charge in [-0.05, 0) is 117 Å². The first-order valence-electron chi connectivity index (χ1n) is 32.7. The van der Waals surface area contributed by atoms with Crippen molar-refractivity contribution in [2.45, 2.75) is 170 Å². The van der Waals surface area contributed by atoms with E-state index < -0.39 is 216 Å². The molecular weight excluding hydrogens is 1380 g/mol. The van der Waals surface area contributed by atoms with Crippen molar-refractivity contribution < 1.29 is 117 Å². The lowest BCUT2D eigenvalue weighted by Crippen LogP contribution is -2.64. The maximum absolute atomic E-state index is 16.3. The largest absolute Gasteiger partial charge is 0.508 e. The number of ether oxygens (including phenoxy) is 7. The summed E-state index contributed by atoms with van der Waals surface area (Å²) < 4.78 is 44.0. The van der Waals surface area contributed by atoms with E-state index in [0.29, 0.717) is 0 Å². The van der Waals surface area contributed by atoms with Crippen LogP contribution < -0.4 is 46.9 Å². The molecule has 4 amide bonds. The van der Waals surface area contributed by atoms with Crippen LogP contribution in [-0.2, 0) is 62.9 Å². The summed E-state index contributed by atoms with van der Waals surface area (Å²) in [4.78, 5) is 117. The third-order valence-electron chi connectivity index (χ3n) is 19.1. The van der Waals surface area contributed by atoms with Crippen molar-refractivity contribution in [3.05, 3.63) is 117 Å². The number of halogens is 2. The van der Waals surface area contributed by atoms with Gasteiger partial charge in [-0.25, -0.2) is 0 Å². The number of hydrogen-bond acceptors (Lipinski definition) is 26. The molecule has 30 nitrogen and oxygen atoms in total. The molecule has 0 aromatic heterocycles. The number of phenolic OH excluding ortho intramolecular Hbond substituents is 3. The van der Waals surface area contributed by atoms with Crippen LogP contribution in [-0.4, -0.2) is 174 Å². The van der Waals surface area contributed by atoms with Crippen molar-refractivity contribution >= 4 is 70.7 Å². The fourth-order valence-electron chi connectivity index (χ4n) is 13.5. The first-order chi connectivity index (χ1) is 48.1. The lowest BCUT2D eigenvalue weighted by atomic mass is 9.75. The number of ketones is 3. The molecule has 548 valence electrons. The van der Waals surface area contributed by atoms with Crippen LogP contribution in [0.4, 0.5) is 0 Å². The van der Waals surface area contributed by atoms with Crippen molar-refractivity contribution in [3.63, 3.8) is 0 Å². The molecule has 7 aliphatic heterocycles. The normalized spacial score (nSPS) is 30.2. The SMILES string of the molecule is CNC(CC(C)C)C(=O)NC1C(=O)C[C@@H](CC(N)=O)C(=O)N[C@H]2C(=O)C[C@H]3C(=O)C[C@H](C(=O)N[C@@H](OC=O)c4cc(O)cc(O)c4-c4cc3ccc4O)[C@@](C)(O)c3ccc(c(Cl)c3)Oc3cc2cc(c3OC2O[C@@H](CO)[C@@H](O)[C@H](O)[C@@H]2O[C@@H]2C[C@](C)(N)[C@H](O)[C@@H](C)O2)Oc2ccc(cc2Cl)[C@H]1O. The van der Waals surface area contributed by atoms with E-state index in [1.807, 2.05) is 13.8 Å². The molecule has 7 aliphatic rings. The second-order valence-corrected chi connectivity index (χ2v) is 27.9. The van der Waals surface area contributed by atoms with E-state index in [4.69, 9.17) is 67.8 Å². The van der Waals surface area contributed by atoms with Crippen molar-refractivity contribution in [3.8, 4) is 57.1 Å². The first-order valence-corrected chi connectivity index (χ1v) is 33.4. The second-order valence-electron chi connectivity index (χ2n) is 27.0. The molecule has 5 aromatic rings. The van der Waals surface area contributed by atoms with Gasteiger partial charge in [-0.1, -0.05) is 55.2 Å². The number of benzene rings is 5. The highest BCUT2D eigenvalue weighted by Crippen LogP contribution is 2.51. The van der Waals surface area contributed by atoms with Gasteiger partial charge < -0.3 is 112 Å². The second kappa shape index (κ2) is 30.8. The molecule has 18 atom stereocenters. The summed E-state index contributed by atoms with van der Waals surface area (Å²) in [6.07, 6.45) is -20.7. The fourth-order valence-corrected chi connectivity index (χ4v) is 13.9. The minimum atomic E-state index is -2.52. The van der Waals surface area contributed by atoms with Crippen LogP contribution in [0.25, 0.3) is 11.1 Å². The van der Waals surface area contributed by atoms with Gasteiger partial charge in [0.15, 0.2) is 35.5 Å². The Kier molecular flexibility index (Phi) is 22.9. The zero-order chi connectivity index (χ0) is 74.3. The van der Waals surface area contributed by atoms with E-state index in [9.17, 15) is 65.1 Å². The van der Waals surface area contributed by atoms with Crippen LogP contribution in [0.1, 0.15) is 125 Å². The monoisotopic (exact) mass is 1460 g/mol. The number of carbonyl (C=O) groups is 8. The molecule has 7 heterocycles. The number of amides is 4. The topological polar surface area (TPSA) is 483 Å². The predicted molar refractivity (Wildman–Crippen MR) is 357 cm³/mol. The summed E-state index contributed by atoms with van der Waals surface area (Å²) in [5, 5.41) is 114. The van der Waals surface area contributed by atoms with Crippen LogP contribution in [0.3, 0.4) is 0 Å². The van der Waals surface area contributed by atoms with Crippen molar-refractivity contribution in [1.82, 2.24) is 21.3 Å².